The van der Waals surface area contributed by atoms with E-state index in [0.29, 0.717) is 5.56 Å². The van der Waals surface area contributed by atoms with Crippen LogP contribution in [0.15, 0.2) is 42.5 Å². The number of amides is 1. The zero-order valence-electron chi connectivity index (χ0n) is 11.9. The highest BCUT2D eigenvalue weighted by atomic mass is 19.1. The second-order valence-corrected chi connectivity index (χ2v) is 4.86. The van der Waals surface area contributed by atoms with E-state index >= 15 is 0 Å². The van der Waals surface area contributed by atoms with Crippen LogP contribution in [-0.2, 0) is 6.54 Å². The van der Waals surface area contributed by atoms with Crippen LogP contribution in [0.4, 0.5) is 14.5 Å². The minimum Gasteiger partial charge on any atom is -0.378 e. The molecule has 0 unspecified atom stereocenters. The Hall–Kier alpha value is -2.43. The molecule has 2 aromatic rings. The predicted octanol–water partition coefficient (Wildman–Crippen LogP) is 2.96. The van der Waals surface area contributed by atoms with Gasteiger partial charge in [-0.25, -0.2) is 8.78 Å². The number of halogens is 2. The molecule has 0 saturated heterocycles. The van der Waals surface area contributed by atoms with Gasteiger partial charge in [0, 0.05) is 43.5 Å². The van der Waals surface area contributed by atoms with E-state index in [1.54, 1.807) is 18.2 Å². The molecule has 1 amide bonds. The van der Waals surface area contributed by atoms with Crippen molar-refractivity contribution in [1.82, 2.24) is 5.32 Å². The maximum atomic E-state index is 13.5. The van der Waals surface area contributed by atoms with Gasteiger partial charge in [0.15, 0.2) is 0 Å². The van der Waals surface area contributed by atoms with Gasteiger partial charge in [0.2, 0.25) is 0 Å². The number of anilines is 1. The Morgan fingerprint density at radius 3 is 2.57 bits per heavy atom. The molecule has 110 valence electrons. The van der Waals surface area contributed by atoms with Crippen LogP contribution in [0.25, 0.3) is 0 Å². The molecule has 21 heavy (non-hydrogen) atoms. The molecule has 0 aliphatic heterocycles. The summed E-state index contributed by atoms with van der Waals surface area (Å²) in [6.45, 7) is 0.0111. The van der Waals surface area contributed by atoms with Crippen LogP contribution in [-0.4, -0.2) is 20.0 Å². The van der Waals surface area contributed by atoms with Gasteiger partial charge < -0.3 is 10.2 Å². The molecule has 0 aliphatic rings. The first kappa shape index (κ1) is 15.0. The molecule has 0 heterocycles. The Balaban J connectivity index is 2.06. The lowest BCUT2D eigenvalue weighted by Crippen LogP contribution is -2.23. The van der Waals surface area contributed by atoms with Gasteiger partial charge in [-0.3, -0.25) is 4.79 Å². The Labute approximate surface area is 122 Å². The van der Waals surface area contributed by atoms with Crippen molar-refractivity contribution in [2.45, 2.75) is 6.54 Å². The lowest BCUT2D eigenvalue weighted by Gasteiger charge is -2.13. The molecular formula is C16H16F2N2O. The maximum Gasteiger partial charge on any atom is 0.251 e. The van der Waals surface area contributed by atoms with E-state index in [1.807, 2.05) is 25.1 Å². The number of hydrogen-bond acceptors (Lipinski definition) is 2. The molecule has 0 aliphatic carbocycles. The highest BCUT2D eigenvalue weighted by molar-refractivity contribution is 5.95. The summed E-state index contributed by atoms with van der Waals surface area (Å²) < 4.78 is 26.3. The van der Waals surface area contributed by atoms with Crippen LogP contribution in [0.1, 0.15) is 15.9 Å². The van der Waals surface area contributed by atoms with Crippen molar-refractivity contribution < 1.29 is 13.6 Å². The van der Waals surface area contributed by atoms with Crippen LogP contribution in [0.5, 0.6) is 0 Å². The summed E-state index contributed by atoms with van der Waals surface area (Å²) in [4.78, 5) is 13.9. The van der Waals surface area contributed by atoms with Gasteiger partial charge in [0.05, 0.1) is 0 Å². The second kappa shape index (κ2) is 6.35. The largest absolute Gasteiger partial charge is 0.378 e. The molecule has 2 rings (SSSR count). The SMILES string of the molecule is CN(C)c1cccc(C(=O)NCc2ccc(F)cc2F)c1. The molecule has 0 fully saturated rings. The standard InChI is InChI=1S/C16H16F2N2O/c1-20(2)14-5-3-4-11(8-14)16(21)19-10-12-6-7-13(17)9-15(12)18/h3-9H,10H2,1-2H3,(H,19,21). The van der Waals surface area contributed by atoms with Gasteiger partial charge in [-0.15, -0.1) is 0 Å². The topological polar surface area (TPSA) is 32.3 Å². The molecule has 0 aromatic heterocycles. The Morgan fingerprint density at radius 2 is 1.90 bits per heavy atom. The van der Waals surface area contributed by atoms with Crippen molar-refractivity contribution in [2.75, 3.05) is 19.0 Å². The van der Waals surface area contributed by atoms with Crippen LogP contribution in [0.3, 0.4) is 0 Å². The molecule has 0 radical (unpaired) electrons. The third-order valence-corrected chi connectivity index (χ3v) is 3.08. The van der Waals surface area contributed by atoms with Crippen molar-refractivity contribution in [3.05, 3.63) is 65.2 Å². The number of rotatable bonds is 4. The van der Waals surface area contributed by atoms with Gasteiger partial charge >= 0.3 is 0 Å². The summed E-state index contributed by atoms with van der Waals surface area (Å²) in [6, 6.07) is 10.4. The van der Waals surface area contributed by atoms with Gasteiger partial charge in [0.25, 0.3) is 5.91 Å². The lowest BCUT2D eigenvalue weighted by molar-refractivity contribution is 0.0950. The number of carbonyl (C=O) groups is 1. The Bertz CT molecular complexity index is 656. The van der Waals surface area contributed by atoms with Gasteiger partial charge in [-0.05, 0) is 24.3 Å². The monoisotopic (exact) mass is 290 g/mol. The Kier molecular flexibility index (Phi) is 4.52. The number of benzene rings is 2. The summed E-state index contributed by atoms with van der Waals surface area (Å²) >= 11 is 0. The number of nitrogens with zero attached hydrogens (tertiary/aromatic N) is 1. The second-order valence-electron chi connectivity index (χ2n) is 4.86. The third-order valence-electron chi connectivity index (χ3n) is 3.08. The smallest absolute Gasteiger partial charge is 0.251 e. The predicted molar refractivity (Wildman–Crippen MR) is 78.3 cm³/mol. The molecule has 0 atom stereocenters. The van der Waals surface area contributed by atoms with E-state index in [-0.39, 0.29) is 18.0 Å². The van der Waals surface area contributed by atoms with E-state index in [2.05, 4.69) is 5.32 Å². The van der Waals surface area contributed by atoms with Crippen LogP contribution >= 0.6 is 0 Å². The minimum atomic E-state index is -0.669. The van der Waals surface area contributed by atoms with Crippen molar-refractivity contribution in [3.8, 4) is 0 Å². The van der Waals surface area contributed by atoms with E-state index in [1.165, 1.54) is 6.07 Å². The molecular weight excluding hydrogens is 274 g/mol. The third kappa shape index (κ3) is 3.78. The lowest BCUT2D eigenvalue weighted by atomic mass is 10.1. The van der Waals surface area contributed by atoms with Gasteiger partial charge in [-0.1, -0.05) is 12.1 Å². The quantitative estimate of drug-likeness (QED) is 0.939. The fourth-order valence-corrected chi connectivity index (χ4v) is 1.87. The van der Waals surface area contributed by atoms with Crippen molar-refractivity contribution in [2.24, 2.45) is 0 Å². The van der Waals surface area contributed by atoms with Crippen molar-refractivity contribution in [1.29, 1.82) is 0 Å². The first-order valence-electron chi connectivity index (χ1n) is 6.47. The number of carbonyl (C=O) groups excluding carboxylic acids is 1. The summed E-state index contributed by atoms with van der Waals surface area (Å²) in [7, 11) is 3.76. The normalized spacial score (nSPS) is 10.3. The van der Waals surface area contributed by atoms with Crippen LogP contribution in [0.2, 0.25) is 0 Å². The van der Waals surface area contributed by atoms with E-state index < -0.39 is 11.6 Å². The van der Waals surface area contributed by atoms with Gasteiger partial charge in [-0.2, -0.15) is 0 Å². The summed E-state index contributed by atoms with van der Waals surface area (Å²) in [5, 5.41) is 2.62. The van der Waals surface area contributed by atoms with Crippen molar-refractivity contribution >= 4 is 11.6 Å². The number of nitrogens with one attached hydrogen (secondary N) is 1. The van der Waals surface area contributed by atoms with E-state index in [9.17, 15) is 13.6 Å². The summed E-state index contributed by atoms with van der Waals surface area (Å²) in [6.07, 6.45) is 0. The zero-order valence-corrected chi connectivity index (χ0v) is 11.9. The average molecular weight is 290 g/mol. The minimum absolute atomic E-state index is 0.0111. The molecule has 1 N–H and O–H groups in total. The highest BCUT2D eigenvalue weighted by Crippen LogP contribution is 2.14. The van der Waals surface area contributed by atoms with Crippen molar-refractivity contribution in [3.63, 3.8) is 0 Å². The molecule has 5 heteroatoms. The van der Waals surface area contributed by atoms with Crippen LogP contribution in [0, 0.1) is 11.6 Å². The van der Waals surface area contributed by atoms with Gasteiger partial charge in [0.1, 0.15) is 11.6 Å². The zero-order chi connectivity index (χ0) is 15.4. The van der Waals surface area contributed by atoms with Crippen LogP contribution < -0.4 is 10.2 Å². The molecule has 2 aromatic carbocycles. The summed E-state index contributed by atoms with van der Waals surface area (Å²) in [5.41, 5.74) is 1.63. The maximum absolute atomic E-state index is 13.5. The Morgan fingerprint density at radius 1 is 1.14 bits per heavy atom. The fraction of sp³-hybridized carbons (Fsp3) is 0.188. The molecule has 3 nitrogen and oxygen atoms in total. The van der Waals surface area contributed by atoms with E-state index in [0.717, 1.165) is 17.8 Å². The first-order valence-corrected chi connectivity index (χ1v) is 6.47. The highest BCUT2D eigenvalue weighted by Gasteiger charge is 2.09. The molecule has 0 bridgehead atoms. The average Bonchev–Trinajstić information content (AvgIpc) is 2.46. The first-order chi connectivity index (χ1) is 9.97. The molecule has 0 spiro atoms. The molecule has 0 saturated carbocycles. The number of hydrogen-bond donors (Lipinski definition) is 1. The van der Waals surface area contributed by atoms with E-state index in [4.69, 9.17) is 0 Å². The fourth-order valence-electron chi connectivity index (χ4n) is 1.87. The summed E-state index contributed by atoms with van der Waals surface area (Å²) in [5.74, 6) is -1.61.